The molecule has 0 saturated heterocycles. The number of nitrogens with two attached hydrogens (primary N) is 2. The highest BCUT2D eigenvalue weighted by Crippen LogP contribution is 2.39. The van der Waals surface area contributed by atoms with Crippen molar-refractivity contribution in [2.24, 2.45) is 11.5 Å². The predicted octanol–water partition coefficient (Wildman–Crippen LogP) is -0.107. The fourth-order valence-corrected chi connectivity index (χ4v) is 2.09. The number of halogens is 1. The lowest BCUT2D eigenvalue weighted by atomic mass is 10.3. The van der Waals surface area contributed by atoms with Gasteiger partial charge >= 0.3 is 0 Å². The number of anilines is 1. The van der Waals surface area contributed by atoms with Gasteiger partial charge < -0.3 is 16.4 Å². The molecular formula is C11H14BrN5O2. The molecule has 2 rings (SSSR count). The predicted molar refractivity (Wildman–Crippen MR) is 72.3 cm³/mol. The number of primary amides is 2. The normalized spacial score (nSPS) is 14.2. The summed E-state index contributed by atoms with van der Waals surface area (Å²) in [6.07, 6.45) is 2.11. The summed E-state index contributed by atoms with van der Waals surface area (Å²) in [6, 6.07) is 1.64. The lowest BCUT2D eigenvalue weighted by Gasteiger charge is -2.21. The summed E-state index contributed by atoms with van der Waals surface area (Å²) in [5.74, 6) is 0.442. The number of hydrogen-bond donors (Lipinski definition) is 2. The Morgan fingerprint density at radius 3 is 2.32 bits per heavy atom. The molecule has 0 bridgehead atoms. The molecule has 8 heteroatoms. The molecule has 1 aliphatic rings. The van der Waals surface area contributed by atoms with Gasteiger partial charge in [-0.1, -0.05) is 0 Å². The van der Waals surface area contributed by atoms with E-state index < -0.39 is 11.8 Å². The Morgan fingerprint density at radius 1 is 1.26 bits per heavy atom. The molecule has 19 heavy (non-hydrogen) atoms. The number of aromatic nitrogens is 2. The van der Waals surface area contributed by atoms with E-state index in [0.717, 1.165) is 12.8 Å². The Bertz CT molecular complexity index is 502. The average molecular weight is 328 g/mol. The van der Waals surface area contributed by atoms with Gasteiger partial charge in [-0.15, -0.1) is 0 Å². The van der Waals surface area contributed by atoms with E-state index in [0.29, 0.717) is 22.2 Å². The van der Waals surface area contributed by atoms with Crippen LogP contribution in [0.15, 0.2) is 10.7 Å². The second kappa shape index (κ2) is 5.52. The third-order valence-corrected chi connectivity index (χ3v) is 3.06. The minimum Gasteiger partial charge on any atom is -0.368 e. The van der Waals surface area contributed by atoms with E-state index >= 15 is 0 Å². The lowest BCUT2D eigenvalue weighted by molar-refractivity contribution is -0.117. The van der Waals surface area contributed by atoms with Crippen LogP contribution in [0, 0.1) is 0 Å². The van der Waals surface area contributed by atoms with E-state index in [4.69, 9.17) is 11.5 Å². The number of carbonyl (C=O) groups is 2. The van der Waals surface area contributed by atoms with E-state index in [2.05, 4.69) is 25.9 Å². The fourth-order valence-electron chi connectivity index (χ4n) is 1.70. The van der Waals surface area contributed by atoms with Crippen LogP contribution in [0.3, 0.4) is 0 Å². The van der Waals surface area contributed by atoms with E-state index in [-0.39, 0.29) is 13.1 Å². The second-order valence-corrected chi connectivity index (χ2v) is 5.28. The van der Waals surface area contributed by atoms with E-state index in [1.165, 1.54) is 4.90 Å². The SMILES string of the molecule is NC(=O)CN(CC(N)=O)c1cc(Br)nc(C2CC2)n1. The maximum atomic E-state index is 11.1. The van der Waals surface area contributed by atoms with Gasteiger partial charge in [0, 0.05) is 12.0 Å². The average Bonchev–Trinajstić information content (AvgIpc) is 3.09. The van der Waals surface area contributed by atoms with Gasteiger partial charge in [0.2, 0.25) is 11.8 Å². The molecule has 1 aliphatic carbocycles. The van der Waals surface area contributed by atoms with Crippen LogP contribution in [0.25, 0.3) is 0 Å². The quantitative estimate of drug-likeness (QED) is 0.707. The maximum absolute atomic E-state index is 11.1. The minimum atomic E-state index is -0.552. The van der Waals surface area contributed by atoms with Crippen molar-refractivity contribution in [1.82, 2.24) is 9.97 Å². The first-order valence-electron chi connectivity index (χ1n) is 5.81. The number of hydrogen-bond acceptors (Lipinski definition) is 5. The molecule has 1 aromatic heterocycles. The molecule has 0 atom stereocenters. The molecule has 7 nitrogen and oxygen atoms in total. The first-order chi connectivity index (χ1) is 8.95. The molecule has 1 aromatic rings. The van der Waals surface area contributed by atoms with Crippen LogP contribution in [0.4, 0.5) is 5.82 Å². The van der Waals surface area contributed by atoms with Crippen molar-refractivity contribution >= 4 is 33.6 Å². The molecule has 0 radical (unpaired) electrons. The third kappa shape index (κ3) is 3.88. The molecule has 102 valence electrons. The standard InChI is InChI=1S/C11H14BrN5O2/c12-7-3-10(16-11(15-7)6-1-2-6)17(4-8(13)18)5-9(14)19/h3,6H,1-2,4-5H2,(H2,13,18)(H2,14,19). The summed E-state index contributed by atoms with van der Waals surface area (Å²) in [6.45, 7) is -0.229. The van der Waals surface area contributed by atoms with Crippen molar-refractivity contribution in [3.63, 3.8) is 0 Å². The van der Waals surface area contributed by atoms with Crippen LogP contribution < -0.4 is 16.4 Å². The van der Waals surface area contributed by atoms with Gasteiger partial charge in [0.05, 0.1) is 13.1 Å². The van der Waals surface area contributed by atoms with E-state index in [1.54, 1.807) is 6.07 Å². The zero-order valence-electron chi connectivity index (χ0n) is 10.2. The van der Waals surface area contributed by atoms with Crippen molar-refractivity contribution in [3.8, 4) is 0 Å². The van der Waals surface area contributed by atoms with Gasteiger partial charge in [-0.3, -0.25) is 9.59 Å². The molecule has 1 saturated carbocycles. The summed E-state index contributed by atoms with van der Waals surface area (Å²) < 4.78 is 0.610. The molecule has 0 aromatic carbocycles. The van der Waals surface area contributed by atoms with Crippen LogP contribution >= 0.6 is 15.9 Å². The van der Waals surface area contributed by atoms with E-state index in [1.807, 2.05) is 0 Å². The molecule has 0 unspecified atom stereocenters. The Morgan fingerprint density at radius 2 is 1.84 bits per heavy atom. The summed E-state index contributed by atoms with van der Waals surface area (Å²) in [5.41, 5.74) is 10.3. The zero-order valence-corrected chi connectivity index (χ0v) is 11.8. The molecule has 1 heterocycles. The fraction of sp³-hybridized carbons (Fsp3) is 0.455. The topological polar surface area (TPSA) is 115 Å². The Hall–Kier alpha value is -1.70. The highest BCUT2D eigenvalue weighted by molar-refractivity contribution is 9.10. The minimum absolute atomic E-state index is 0.115. The first kappa shape index (κ1) is 13.7. The van der Waals surface area contributed by atoms with Gasteiger partial charge in [-0.25, -0.2) is 9.97 Å². The Balaban J connectivity index is 2.28. The molecule has 0 aliphatic heterocycles. The third-order valence-electron chi connectivity index (χ3n) is 2.66. The van der Waals surface area contributed by atoms with Gasteiger partial charge in [0.25, 0.3) is 0 Å². The largest absolute Gasteiger partial charge is 0.368 e. The number of amides is 2. The number of nitrogens with zero attached hydrogens (tertiary/aromatic N) is 3. The van der Waals surface area contributed by atoms with Crippen LogP contribution in [0.5, 0.6) is 0 Å². The van der Waals surface area contributed by atoms with Crippen molar-refractivity contribution < 1.29 is 9.59 Å². The molecular weight excluding hydrogens is 314 g/mol. The summed E-state index contributed by atoms with van der Waals surface area (Å²) in [7, 11) is 0. The van der Waals surface area contributed by atoms with Gasteiger partial charge in [0.1, 0.15) is 16.2 Å². The highest BCUT2D eigenvalue weighted by Gasteiger charge is 2.28. The smallest absolute Gasteiger partial charge is 0.237 e. The maximum Gasteiger partial charge on any atom is 0.237 e. The Labute approximate surface area is 118 Å². The monoisotopic (exact) mass is 327 g/mol. The molecule has 2 amide bonds. The van der Waals surface area contributed by atoms with Gasteiger partial charge in [0.15, 0.2) is 0 Å². The van der Waals surface area contributed by atoms with Crippen molar-refractivity contribution in [2.75, 3.05) is 18.0 Å². The summed E-state index contributed by atoms with van der Waals surface area (Å²) >= 11 is 3.30. The van der Waals surface area contributed by atoms with Crippen LogP contribution in [0.2, 0.25) is 0 Å². The molecule has 0 spiro atoms. The first-order valence-corrected chi connectivity index (χ1v) is 6.61. The summed E-state index contributed by atoms with van der Waals surface area (Å²) in [5, 5.41) is 0. The van der Waals surface area contributed by atoms with Crippen LogP contribution in [0.1, 0.15) is 24.6 Å². The van der Waals surface area contributed by atoms with Crippen molar-refractivity contribution in [2.45, 2.75) is 18.8 Å². The Kier molecular flexibility index (Phi) is 3.98. The van der Waals surface area contributed by atoms with Crippen molar-refractivity contribution in [3.05, 3.63) is 16.5 Å². The van der Waals surface area contributed by atoms with Crippen molar-refractivity contribution in [1.29, 1.82) is 0 Å². The molecule has 4 N–H and O–H groups in total. The van der Waals surface area contributed by atoms with Crippen LogP contribution in [-0.2, 0) is 9.59 Å². The van der Waals surface area contributed by atoms with Gasteiger partial charge in [-0.2, -0.15) is 0 Å². The van der Waals surface area contributed by atoms with E-state index in [9.17, 15) is 9.59 Å². The number of rotatable bonds is 6. The second-order valence-electron chi connectivity index (χ2n) is 4.47. The zero-order chi connectivity index (χ0) is 14.0. The molecule has 1 fully saturated rings. The van der Waals surface area contributed by atoms with Gasteiger partial charge in [-0.05, 0) is 28.8 Å². The number of carbonyl (C=O) groups excluding carboxylic acids is 2. The lowest BCUT2D eigenvalue weighted by Crippen LogP contribution is -2.40. The summed E-state index contributed by atoms with van der Waals surface area (Å²) in [4.78, 5) is 32.2. The highest BCUT2D eigenvalue weighted by atomic mass is 79.9. The van der Waals surface area contributed by atoms with Crippen LogP contribution in [-0.4, -0.2) is 34.9 Å².